The monoisotopic (exact) mass is 236 g/mol. The van der Waals surface area contributed by atoms with Crippen LogP contribution >= 0.6 is 0 Å². The molecule has 0 heterocycles. The number of nitrogens with one attached hydrogen (secondary N) is 1. The molecule has 0 aliphatic heterocycles. The minimum atomic E-state index is -0.601. The maximum Gasteiger partial charge on any atom is 0.109 e. The van der Waals surface area contributed by atoms with E-state index in [1.807, 2.05) is 31.3 Å². The first kappa shape index (κ1) is 13.7. The molecule has 94 valence electrons. The first-order chi connectivity index (χ1) is 8.24. The van der Waals surface area contributed by atoms with Crippen LogP contribution in [0.25, 0.3) is 0 Å². The van der Waals surface area contributed by atoms with E-state index in [1.165, 1.54) is 12.0 Å². The van der Waals surface area contributed by atoms with E-state index in [0.717, 1.165) is 12.1 Å². The van der Waals surface area contributed by atoms with Crippen LogP contribution in [0.1, 0.15) is 25.9 Å². The summed E-state index contributed by atoms with van der Waals surface area (Å²) in [6.07, 6.45) is 1.92. The van der Waals surface area contributed by atoms with Crippen molar-refractivity contribution in [2.24, 2.45) is 0 Å². The molecule has 3 heteroatoms. The zero-order valence-electron chi connectivity index (χ0n) is 10.5. The van der Waals surface area contributed by atoms with Crippen molar-refractivity contribution in [3.05, 3.63) is 35.4 Å². The Balaban J connectivity index is 0.000000421. The average molecular weight is 236 g/mol. The lowest BCUT2D eigenvalue weighted by Crippen LogP contribution is -2.40. The molecule has 1 aromatic carbocycles. The molecule has 17 heavy (non-hydrogen) atoms. The Morgan fingerprint density at radius 1 is 1.53 bits per heavy atom. The fraction of sp³-hybridized carbons (Fsp3) is 0.500. The molecule has 0 saturated heterocycles. The number of aliphatic hydroxyl groups excluding tert-OH is 1. The Kier molecular flexibility index (Phi) is 5.14. The van der Waals surface area contributed by atoms with Gasteiger partial charge < -0.3 is 10.4 Å². The molecule has 2 rings (SSSR count). The second-order valence-corrected chi connectivity index (χ2v) is 4.29. The molecule has 0 fully saturated rings. The Morgan fingerprint density at radius 3 is 2.65 bits per heavy atom. The molecular weight excluding hydrogens is 212 g/mol. The number of aliphatic hydroxyl groups is 1. The van der Waals surface area contributed by atoms with Gasteiger partial charge in [0.25, 0.3) is 0 Å². The van der Waals surface area contributed by atoms with Crippen molar-refractivity contribution in [3.8, 4) is 6.07 Å². The SMILES string of the molecule is CCCNC.N#CC1(CO)Cc2ccccc21.[3HH]. The van der Waals surface area contributed by atoms with E-state index < -0.39 is 5.41 Å². The summed E-state index contributed by atoms with van der Waals surface area (Å²) >= 11 is 0. The maximum atomic E-state index is 9.06. The van der Waals surface area contributed by atoms with Gasteiger partial charge in [0, 0.05) is 1.43 Å². The van der Waals surface area contributed by atoms with E-state index in [2.05, 4.69) is 18.3 Å². The van der Waals surface area contributed by atoms with Gasteiger partial charge in [-0.2, -0.15) is 5.26 Å². The normalized spacial score (nSPS) is 20.4. The van der Waals surface area contributed by atoms with Crippen molar-refractivity contribution in [2.45, 2.75) is 25.2 Å². The third-order valence-electron chi connectivity index (χ3n) is 3.01. The summed E-state index contributed by atoms with van der Waals surface area (Å²) in [6.45, 7) is 3.22. The highest BCUT2D eigenvalue weighted by atomic mass is 16.3. The van der Waals surface area contributed by atoms with Gasteiger partial charge >= 0.3 is 0 Å². The lowest BCUT2D eigenvalue weighted by molar-refractivity contribution is 0.212. The molecule has 1 aliphatic carbocycles. The molecule has 0 saturated carbocycles. The van der Waals surface area contributed by atoms with Gasteiger partial charge in [0.05, 0.1) is 12.7 Å². The molecule has 1 aromatic rings. The van der Waals surface area contributed by atoms with Crippen LogP contribution in [0.2, 0.25) is 0 Å². The topological polar surface area (TPSA) is 56.0 Å². The largest absolute Gasteiger partial charge is 0.394 e. The van der Waals surface area contributed by atoms with Gasteiger partial charge in [0.15, 0.2) is 0 Å². The van der Waals surface area contributed by atoms with E-state index >= 15 is 0 Å². The minimum Gasteiger partial charge on any atom is -0.394 e. The second kappa shape index (κ2) is 6.39. The number of rotatable bonds is 3. The minimum absolute atomic E-state index is 0. The summed E-state index contributed by atoms with van der Waals surface area (Å²) in [5.74, 6) is 0. The Labute approximate surface area is 105 Å². The van der Waals surface area contributed by atoms with Crippen LogP contribution in [0.3, 0.4) is 0 Å². The zero-order valence-corrected chi connectivity index (χ0v) is 10.5. The van der Waals surface area contributed by atoms with Crippen molar-refractivity contribution in [1.29, 1.82) is 5.26 Å². The van der Waals surface area contributed by atoms with Crippen molar-refractivity contribution in [3.63, 3.8) is 0 Å². The Bertz CT molecular complexity index is 401. The van der Waals surface area contributed by atoms with Gasteiger partial charge in [-0.1, -0.05) is 31.2 Å². The van der Waals surface area contributed by atoms with Crippen molar-refractivity contribution in [2.75, 3.05) is 20.2 Å². The van der Waals surface area contributed by atoms with Crippen molar-refractivity contribution >= 4 is 0 Å². The van der Waals surface area contributed by atoms with Gasteiger partial charge in [-0.3, -0.25) is 0 Å². The highest BCUT2D eigenvalue weighted by molar-refractivity contribution is 5.50. The molecule has 1 atom stereocenters. The molecule has 0 aromatic heterocycles. The molecule has 0 spiro atoms. The van der Waals surface area contributed by atoms with Crippen LogP contribution in [0, 0.1) is 11.3 Å². The molecule has 1 unspecified atom stereocenters. The van der Waals surface area contributed by atoms with Crippen LogP contribution < -0.4 is 5.32 Å². The summed E-state index contributed by atoms with van der Waals surface area (Å²) in [6, 6.07) is 9.94. The summed E-state index contributed by atoms with van der Waals surface area (Å²) in [7, 11) is 1.96. The van der Waals surface area contributed by atoms with Gasteiger partial charge in [0.2, 0.25) is 0 Å². The number of hydrogen-bond donors (Lipinski definition) is 2. The smallest absolute Gasteiger partial charge is 0.109 e. The number of nitrogens with zero attached hydrogens (tertiary/aromatic N) is 1. The van der Waals surface area contributed by atoms with Gasteiger partial charge in [-0.15, -0.1) is 0 Å². The van der Waals surface area contributed by atoms with E-state index in [4.69, 9.17) is 10.4 Å². The highest BCUT2D eigenvalue weighted by Gasteiger charge is 2.42. The molecule has 0 radical (unpaired) electrons. The average Bonchev–Trinajstić information content (AvgIpc) is 2.34. The van der Waals surface area contributed by atoms with E-state index in [-0.39, 0.29) is 8.03 Å². The van der Waals surface area contributed by atoms with Crippen LogP contribution in [0.15, 0.2) is 24.3 Å². The standard InChI is InChI=1S/C10H9NO.C4H11N.H2/c11-6-10(7-12)5-8-3-1-2-4-9(8)10;1-3-4-5-2;/h1-4,12H,5,7H2;5H,3-4H2,1-2H3;1H/i;;1+2. The number of nitriles is 1. The van der Waals surface area contributed by atoms with Crippen LogP contribution in [-0.2, 0) is 11.8 Å². The Hall–Kier alpha value is -1.37. The van der Waals surface area contributed by atoms with Gasteiger partial charge in [-0.05, 0) is 37.6 Å². The van der Waals surface area contributed by atoms with Gasteiger partial charge in [0.1, 0.15) is 5.41 Å². The number of hydrogen-bond acceptors (Lipinski definition) is 3. The molecule has 0 amide bonds. The van der Waals surface area contributed by atoms with E-state index in [0.29, 0.717) is 6.42 Å². The highest BCUT2D eigenvalue weighted by Crippen LogP contribution is 2.39. The first-order valence-electron chi connectivity index (χ1n) is 5.99. The third-order valence-corrected chi connectivity index (χ3v) is 3.01. The summed E-state index contributed by atoms with van der Waals surface area (Å²) in [5.41, 5.74) is 1.58. The lowest BCUT2D eigenvalue weighted by atomic mass is 9.65. The molecular formula is C14H22N2O. The first-order valence-corrected chi connectivity index (χ1v) is 5.99. The summed E-state index contributed by atoms with van der Waals surface area (Å²) in [4.78, 5) is 0. The zero-order chi connectivity index (χ0) is 12.7. The molecule has 3 nitrogen and oxygen atoms in total. The van der Waals surface area contributed by atoms with Crippen molar-refractivity contribution in [1.82, 2.24) is 5.32 Å². The maximum absolute atomic E-state index is 9.06. The Morgan fingerprint density at radius 2 is 2.24 bits per heavy atom. The number of fused-ring (bicyclic) bond motifs is 1. The second-order valence-electron chi connectivity index (χ2n) is 4.29. The molecule has 0 bridgehead atoms. The third kappa shape index (κ3) is 2.85. The quantitative estimate of drug-likeness (QED) is 0.842. The summed E-state index contributed by atoms with van der Waals surface area (Å²) in [5, 5.41) is 21.0. The number of benzene rings is 1. The van der Waals surface area contributed by atoms with Crippen LogP contribution in [0.4, 0.5) is 0 Å². The van der Waals surface area contributed by atoms with E-state index in [9.17, 15) is 0 Å². The van der Waals surface area contributed by atoms with Gasteiger partial charge in [-0.25, -0.2) is 0 Å². The molecule has 2 N–H and O–H groups in total. The summed E-state index contributed by atoms with van der Waals surface area (Å²) < 4.78 is 0. The van der Waals surface area contributed by atoms with Crippen molar-refractivity contribution < 1.29 is 6.53 Å². The predicted octanol–water partition coefficient (Wildman–Crippen LogP) is 1.86. The van der Waals surface area contributed by atoms with Crippen LogP contribution in [-0.4, -0.2) is 25.3 Å². The van der Waals surface area contributed by atoms with Crippen LogP contribution in [0.5, 0.6) is 0 Å². The predicted molar refractivity (Wildman–Crippen MR) is 70.9 cm³/mol. The fourth-order valence-corrected chi connectivity index (χ4v) is 1.98. The molecule has 1 aliphatic rings. The lowest BCUT2D eigenvalue weighted by Gasteiger charge is -2.36. The van der Waals surface area contributed by atoms with E-state index in [1.54, 1.807) is 0 Å². The fourth-order valence-electron chi connectivity index (χ4n) is 1.98.